The highest BCUT2D eigenvalue weighted by Gasteiger charge is 2.16. The number of benzene rings is 2. The number of carbonyl (C=O) groups excluding carboxylic acids is 1. The monoisotopic (exact) mass is 343 g/mol. The molecule has 4 rings (SSSR count). The van der Waals surface area contributed by atoms with Crippen LogP contribution in [0.2, 0.25) is 0 Å². The van der Waals surface area contributed by atoms with E-state index in [1.807, 2.05) is 67.7 Å². The van der Waals surface area contributed by atoms with Gasteiger partial charge in [-0.15, -0.1) is 0 Å². The molecule has 0 bridgehead atoms. The standard InChI is InChI=1S/C20H17N5O/c1-13-18(14-7-3-2-4-8-14)23-24-19(13)20(26)25-22-12-15-11-21-17-10-6-5-9-16(15)17/h2-12,21H,1H3,(H,23,24)(H,25,26)/b22-12-. The van der Waals surface area contributed by atoms with Crippen LogP contribution in [0.4, 0.5) is 0 Å². The summed E-state index contributed by atoms with van der Waals surface area (Å²) in [6.07, 6.45) is 3.48. The second kappa shape index (κ2) is 6.68. The van der Waals surface area contributed by atoms with Crippen molar-refractivity contribution in [2.24, 2.45) is 5.10 Å². The molecule has 0 saturated carbocycles. The number of fused-ring (bicyclic) bond motifs is 1. The molecule has 0 aliphatic heterocycles. The molecule has 0 unspecified atom stereocenters. The summed E-state index contributed by atoms with van der Waals surface area (Å²) < 4.78 is 0. The minimum atomic E-state index is -0.326. The molecule has 0 saturated heterocycles. The lowest BCUT2D eigenvalue weighted by Gasteiger charge is -2.00. The molecule has 2 aromatic carbocycles. The van der Waals surface area contributed by atoms with Gasteiger partial charge in [-0.25, -0.2) is 5.43 Å². The number of nitrogens with zero attached hydrogens (tertiary/aromatic N) is 2. The van der Waals surface area contributed by atoms with Crippen molar-refractivity contribution < 1.29 is 4.79 Å². The lowest BCUT2D eigenvalue weighted by molar-refractivity contribution is 0.0949. The van der Waals surface area contributed by atoms with E-state index >= 15 is 0 Å². The second-order valence-electron chi connectivity index (χ2n) is 5.93. The number of nitrogens with one attached hydrogen (secondary N) is 3. The fraction of sp³-hybridized carbons (Fsp3) is 0.0500. The number of aromatic nitrogens is 3. The summed E-state index contributed by atoms with van der Waals surface area (Å²) >= 11 is 0. The molecule has 6 heteroatoms. The molecule has 0 atom stereocenters. The van der Waals surface area contributed by atoms with E-state index in [4.69, 9.17) is 0 Å². The van der Waals surface area contributed by atoms with Gasteiger partial charge in [0.05, 0.1) is 11.9 Å². The minimum absolute atomic E-state index is 0.326. The highest BCUT2D eigenvalue weighted by molar-refractivity contribution is 6.00. The van der Waals surface area contributed by atoms with Crippen LogP contribution in [-0.2, 0) is 0 Å². The molecule has 0 aliphatic rings. The summed E-state index contributed by atoms with van der Waals surface area (Å²) in [5, 5.41) is 12.2. The fourth-order valence-corrected chi connectivity index (χ4v) is 2.91. The van der Waals surface area contributed by atoms with Crippen molar-refractivity contribution in [3.63, 3.8) is 0 Å². The fourth-order valence-electron chi connectivity index (χ4n) is 2.91. The molecule has 0 aliphatic carbocycles. The predicted octanol–water partition coefficient (Wildman–Crippen LogP) is 3.63. The molecule has 0 spiro atoms. The Hall–Kier alpha value is -3.67. The third-order valence-electron chi connectivity index (χ3n) is 4.27. The largest absolute Gasteiger partial charge is 0.361 e. The van der Waals surface area contributed by atoms with Crippen LogP contribution < -0.4 is 5.43 Å². The average molecular weight is 343 g/mol. The summed E-state index contributed by atoms with van der Waals surface area (Å²) in [5.74, 6) is -0.326. The Kier molecular flexibility index (Phi) is 4.07. The van der Waals surface area contributed by atoms with E-state index in [0.717, 1.165) is 33.3 Å². The summed E-state index contributed by atoms with van der Waals surface area (Å²) in [6.45, 7) is 1.87. The van der Waals surface area contributed by atoms with E-state index < -0.39 is 0 Å². The third-order valence-corrected chi connectivity index (χ3v) is 4.27. The molecule has 3 N–H and O–H groups in total. The normalized spacial score (nSPS) is 11.3. The number of amides is 1. The Morgan fingerprint density at radius 3 is 2.73 bits per heavy atom. The SMILES string of the molecule is Cc1c(-c2ccccc2)n[nH]c1C(=O)N/N=C\c1c[nH]c2ccccc12. The van der Waals surface area contributed by atoms with Gasteiger partial charge in [-0.1, -0.05) is 48.5 Å². The maximum absolute atomic E-state index is 12.4. The Morgan fingerprint density at radius 1 is 1.12 bits per heavy atom. The van der Waals surface area contributed by atoms with E-state index in [1.54, 1.807) is 6.21 Å². The topological polar surface area (TPSA) is 85.9 Å². The van der Waals surface area contributed by atoms with Gasteiger partial charge in [-0.2, -0.15) is 10.2 Å². The second-order valence-corrected chi connectivity index (χ2v) is 5.93. The molecule has 0 radical (unpaired) electrons. The van der Waals surface area contributed by atoms with Crippen LogP contribution >= 0.6 is 0 Å². The van der Waals surface area contributed by atoms with Crippen LogP contribution in [0.15, 0.2) is 65.9 Å². The van der Waals surface area contributed by atoms with E-state index in [0.29, 0.717) is 5.69 Å². The Bertz CT molecular complexity index is 1090. The molecule has 26 heavy (non-hydrogen) atoms. The number of hydrogen-bond acceptors (Lipinski definition) is 3. The first kappa shape index (κ1) is 15.8. The molecular formula is C20H17N5O. The van der Waals surface area contributed by atoms with Crippen molar-refractivity contribution in [2.45, 2.75) is 6.92 Å². The van der Waals surface area contributed by atoms with Crippen molar-refractivity contribution in [1.29, 1.82) is 0 Å². The van der Waals surface area contributed by atoms with Crippen LogP contribution in [0.5, 0.6) is 0 Å². The number of para-hydroxylation sites is 1. The quantitative estimate of drug-likeness (QED) is 0.390. The number of carbonyl (C=O) groups is 1. The van der Waals surface area contributed by atoms with Crippen LogP contribution in [0.25, 0.3) is 22.2 Å². The van der Waals surface area contributed by atoms with Crippen molar-refractivity contribution in [3.8, 4) is 11.3 Å². The van der Waals surface area contributed by atoms with Crippen LogP contribution in [0, 0.1) is 6.92 Å². The maximum atomic E-state index is 12.4. The number of H-pyrrole nitrogens is 2. The van der Waals surface area contributed by atoms with Gasteiger partial charge in [0.25, 0.3) is 5.91 Å². The smallest absolute Gasteiger partial charge is 0.289 e. The first-order valence-electron chi connectivity index (χ1n) is 8.24. The van der Waals surface area contributed by atoms with E-state index in [2.05, 4.69) is 25.7 Å². The molecule has 2 heterocycles. The maximum Gasteiger partial charge on any atom is 0.289 e. The molecular weight excluding hydrogens is 326 g/mol. The van der Waals surface area contributed by atoms with E-state index in [9.17, 15) is 4.79 Å². The Labute approximate surface area is 150 Å². The van der Waals surface area contributed by atoms with Crippen LogP contribution in [0.1, 0.15) is 21.6 Å². The highest BCUT2D eigenvalue weighted by Crippen LogP contribution is 2.22. The summed E-state index contributed by atoms with van der Waals surface area (Å²) in [6, 6.07) is 17.7. The highest BCUT2D eigenvalue weighted by atomic mass is 16.2. The Balaban J connectivity index is 1.51. The molecule has 0 fully saturated rings. The molecule has 2 aromatic heterocycles. The molecule has 1 amide bonds. The van der Waals surface area contributed by atoms with Gasteiger partial charge in [-0.05, 0) is 13.0 Å². The van der Waals surface area contributed by atoms with Crippen molar-refractivity contribution in [2.75, 3.05) is 0 Å². The van der Waals surface area contributed by atoms with Gasteiger partial charge in [0, 0.05) is 33.8 Å². The molecule has 128 valence electrons. The predicted molar refractivity (Wildman–Crippen MR) is 102 cm³/mol. The number of hydrogen-bond donors (Lipinski definition) is 3. The van der Waals surface area contributed by atoms with Crippen molar-refractivity contribution in [3.05, 3.63) is 77.6 Å². The number of rotatable bonds is 4. The summed E-state index contributed by atoms with van der Waals surface area (Å²) in [7, 11) is 0. The third kappa shape index (κ3) is 2.88. The number of aromatic amines is 2. The summed E-state index contributed by atoms with van der Waals surface area (Å²) in [5.41, 5.74) is 7.40. The summed E-state index contributed by atoms with van der Waals surface area (Å²) in [4.78, 5) is 15.6. The van der Waals surface area contributed by atoms with Crippen LogP contribution in [-0.4, -0.2) is 27.3 Å². The zero-order chi connectivity index (χ0) is 17.9. The molecule has 4 aromatic rings. The zero-order valence-electron chi connectivity index (χ0n) is 14.2. The van der Waals surface area contributed by atoms with Crippen molar-refractivity contribution in [1.82, 2.24) is 20.6 Å². The van der Waals surface area contributed by atoms with Gasteiger partial charge in [-0.3, -0.25) is 9.89 Å². The van der Waals surface area contributed by atoms with Gasteiger partial charge in [0.2, 0.25) is 0 Å². The lowest BCUT2D eigenvalue weighted by Crippen LogP contribution is -2.19. The molecule has 6 nitrogen and oxygen atoms in total. The minimum Gasteiger partial charge on any atom is -0.361 e. The van der Waals surface area contributed by atoms with E-state index in [-0.39, 0.29) is 5.91 Å². The number of hydrazone groups is 1. The Morgan fingerprint density at radius 2 is 1.88 bits per heavy atom. The first-order valence-corrected chi connectivity index (χ1v) is 8.24. The first-order chi connectivity index (χ1) is 12.7. The van der Waals surface area contributed by atoms with Crippen LogP contribution in [0.3, 0.4) is 0 Å². The zero-order valence-corrected chi connectivity index (χ0v) is 14.2. The van der Waals surface area contributed by atoms with Gasteiger partial charge in [0.15, 0.2) is 0 Å². The average Bonchev–Trinajstić information content (AvgIpc) is 3.26. The van der Waals surface area contributed by atoms with E-state index in [1.165, 1.54) is 0 Å². The van der Waals surface area contributed by atoms with Crippen molar-refractivity contribution >= 4 is 23.0 Å². The van der Waals surface area contributed by atoms with Gasteiger partial charge < -0.3 is 4.98 Å². The van der Waals surface area contributed by atoms with Gasteiger partial charge in [0.1, 0.15) is 5.69 Å². The lowest BCUT2D eigenvalue weighted by atomic mass is 10.1. The van der Waals surface area contributed by atoms with Gasteiger partial charge >= 0.3 is 0 Å².